The van der Waals surface area contributed by atoms with Gasteiger partial charge in [-0.1, -0.05) is 6.07 Å². The van der Waals surface area contributed by atoms with E-state index in [0.717, 1.165) is 24.7 Å². The van der Waals surface area contributed by atoms with Gasteiger partial charge in [0.15, 0.2) is 0 Å². The van der Waals surface area contributed by atoms with Crippen LogP contribution in [0.25, 0.3) is 0 Å². The van der Waals surface area contributed by atoms with Gasteiger partial charge in [0.1, 0.15) is 11.6 Å². The second-order valence-electron chi connectivity index (χ2n) is 4.03. The molecule has 1 atom stereocenters. The maximum atomic E-state index is 9.11. The Morgan fingerprint density at radius 3 is 3.24 bits per heavy atom. The number of anilines is 2. The van der Waals surface area contributed by atoms with E-state index in [0.29, 0.717) is 13.2 Å². The maximum absolute atomic E-state index is 9.11. The summed E-state index contributed by atoms with van der Waals surface area (Å²) < 4.78 is 5.42. The van der Waals surface area contributed by atoms with Crippen LogP contribution in [0.15, 0.2) is 18.2 Å². The van der Waals surface area contributed by atoms with E-state index in [1.807, 2.05) is 25.1 Å². The van der Waals surface area contributed by atoms with Crippen LogP contribution in [0.3, 0.4) is 0 Å². The van der Waals surface area contributed by atoms with Crippen molar-refractivity contribution in [3.05, 3.63) is 18.2 Å². The van der Waals surface area contributed by atoms with Crippen molar-refractivity contribution in [3.8, 4) is 0 Å². The van der Waals surface area contributed by atoms with Gasteiger partial charge in [-0.15, -0.1) is 0 Å². The first-order chi connectivity index (χ1) is 8.33. The molecule has 5 heteroatoms. The van der Waals surface area contributed by atoms with Gasteiger partial charge in [-0.3, -0.25) is 0 Å². The summed E-state index contributed by atoms with van der Waals surface area (Å²) >= 11 is 0. The lowest BCUT2D eigenvalue weighted by atomic mass is 10.3. The second-order valence-corrected chi connectivity index (χ2v) is 4.03. The Balaban J connectivity index is 2.07. The summed E-state index contributed by atoms with van der Waals surface area (Å²) in [6.07, 6.45) is -0.103. The van der Waals surface area contributed by atoms with E-state index < -0.39 is 0 Å². The molecule has 1 aromatic rings. The number of morpholine rings is 1. The van der Waals surface area contributed by atoms with Gasteiger partial charge in [-0.05, 0) is 19.1 Å². The standard InChI is InChI=1S/C12H19N3O2/c1-2-13-11-4-3-5-12(14-11)15-6-7-17-10(8-15)9-16/h3-5,10,16H,2,6-9H2,1H3,(H,13,14). The summed E-state index contributed by atoms with van der Waals surface area (Å²) in [5.41, 5.74) is 0. The second kappa shape index (κ2) is 5.84. The molecule has 94 valence electrons. The lowest BCUT2D eigenvalue weighted by Crippen LogP contribution is -2.44. The highest BCUT2D eigenvalue weighted by Gasteiger charge is 2.20. The monoisotopic (exact) mass is 237 g/mol. The molecule has 1 unspecified atom stereocenters. The van der Waals surface area contributed by atoms with Crippen LogP contribution in [0.1, 0.15) is 6.92 Å². The summed E-state index contributed by atoms with van der Waals surface area (Å²) in [5, 5.41) is 12.3. The Labute approximate surface area is 101 Å². The molecular weight excluding hydrogens is 218 g/mol. The minimum atomic E-state index is -0.103. The molecule has 2 heterocycles. The number of aliphatic hydroxyl groups excluding tert-OH is 1. The van der Waals surface area contributed by atoms with Gasteiger partial charge >= 0.3 is 0 Å². The maximum Gasteiger partial charge on any atom is 0.131 e. The highest BCUT2D eigenvalue weighted by atomic mass is 16.5. The SMILES string of the molecule is CCNc1cccc(N2CCOC(CO)C2)n1. The fraction of sp³-hybridized carbons (Fsp3) is 0.583. The van der Waals surface area contributed by atoms with Gasteiger partial charge in [-0.25, -0.2) is 4.98 Å². The molecule has 0 aromatic carbocycles. The molecule has 1 aromatic heterocycles. The van der Waals surface area contributed by atoms with E-state index in [1.165, 1.54) is 0 Å². The smallest absolute Gasteiger partial charge is 0.131 e. The molecule has 1 fully saturated rings. The van der Waals surface area contributed by atoms with Crippen molar-refractivity contribution in [1.29, 1.82) is 0 Å². The quantitative estimate of drug-likeness (QED) is 0.807. The van der Waals surface area contributed by atoms with Crippen molar-refractivity contribution in [1.82, 2.24) is 4.98 Å². The van der Waals surface area contributed by atoms with Crippen LogP contribution >= 0.6 is 0 Å². The van der Waals surface area contributed by atoms with Crippen molar-refractivity contribution in [3.63, 3.8) is 0 Å². The number of hydrogen-bond acceptors (Lipinski definition) is 5. The first kappa shape index (κ1) is 12.1. The number of pyridine rings is 1. The minimum absolute atomic E-state index is 0.0589. The predicted octanol–water partition coefficient (Wildman–Crippen LogP) is 0.711. The molecule has 0 amide bonds. The molecular formula is C12H19N3O2. The van der Waals surface area contributed by atoms with Gasteiger partial charge in [0.25, 0.3) is 0 Å². The van der Waals surface area contributed by atoms with Gasteiger partial charge in [0, 0.05) is 19.6 Å². The summed E-state index contributed by atoms with van der Waals surface area (Å²) in [7, 11) is 0. The molecule has 0 saturated carbocycles. The number of aromatic nitrogens is 1. The van der Waals surface area contributed by atoms with Gasteiger partial charge in [0.05, 0.1) is 19.3 Å². The van der Waals surface area contributed by atoms with E-state index >= 15 is 0 Å². The normalized spacial score (nSPS) is 20.4. The summed E-state index contributed by atoms with van der Waals surface area (Å²) in [6, 6.07) is 5.93. The molecule has 2 rings (SSSR count). The number of nitrogens with zero attached hydrogens (tertiary/aromatic N) is 2. The number of aliphatic hydroxyl groups is 1. The highest BCUT2D eigenvalue weighted by molar-refractivity contribution is 5.47. The zero-order chi connectivity index (χ0) is 12.1. The number of nitrogens with one attached hydrogen (secondary N) is 1. The van der Waals surface area contributed by atoms with Crippen molar-refractivity contribution >= 4 is 11.6 Å². The zero-order valence-electron chi connectivity index (χ0n) is 10.1. The van der Waals surface area contributed by atoms with E-state index in [9.17, 15) is 0 Å². The molecule has 1 aliphatic rings. The van der Waals surface area contributed by atoms with Crippen molar-refractivity contribution in [2.24, 2.45) is 0 Å². The van der Waals surface area contributed by atoms with Crippen LogP contribution in [0.2, 0.25) is 0 Å². The van der Waals surface area contributed by atoms with E-state index in [4.69, 9.17) is 9.84 Å². The highest BCUT2D eigenvalue weighted by Crippen LogP contribution is 2.17. The molecule has 17 heavy (non-hydrogen) atoms. The molecule has 0 spiro atoms. The van der Waals surface area contributed by atoms with Crippen molar-refractivity contribution in [2.75, 3.05) is 43.1 Å². The fourth-order valence-corrected chi connectivity index (χ4v) is 1.92. The van der Waals surface area contributed by atoms with Crippen molar-refractivity contribution < 1.29 is 9.84 Å². The predicted molar refractivity (Wildman–Crippen MR) is 67.4 cm³/mol. The Kier molecular flexibility index (Phi) is 4.17. The summed E-state index contributed by atoms with van der Waals surface area (Å²) in [5.74, 6) is 1.82. The van der Waals surface area contributed by atoms with E-state index in [1.54, 1.807) is 0 Å². The third-order valence-electron chi connectivity index (χ3n) is 2.76. The zero-order valence-corrected chi connectivity index (χ0v) is 10.1. The lowest BCUT2D eigenvalue weighted by Gasteiger charge is -2.33. The molecule has 0 aliphatic carbocycles. The fourth-order valence-electron chi connectivity index (χ4n) is 1.92. The minimum Gasteiger partial charge on any atom is -0.394 e. The summed E-state index contributed by atoms with van der Waals surface area (Å²) in [6.45, 7) is 5.11. The third kappa shape index (κ3) is 3.08. The van der Waals surface area contributed by atoms with Crippen LogP contribution in [-0.4, -0.2) is 49.0 Å². The first-order valence-electron chi connectivity index (χ1n) is 6.02. The molecule has 2 N–H and O–H groups in total. The van der Waals surface area contributed by atoms with Gasteiger partial charge in [0.2, 0.25) is 0 Å². The topological polar surface area (TPSA) is 57.6 Å². The number of ether oxygens (including phenoxy) is 1. The van der Waals surface area contributed by atoms with Gasteiger partial charge < -0.3 is 20.1 Å². The van der Waals surface area contributed by atoms with Crippen LogP contribution in [-0.2, 0) is 4.74 Å². The molecule has 0 radical (unpaired) electrons. The average molecular weight is 237 g/mol. The van der Waals surface area contributed by atoms with E-state index in [2.05, 4.69) is 15.2 Å². The number of rotatable bonds is 4. The van der Waals surface area contributed by atoms with Gasteiger partial charge in [-0.2, -0.15) is 0 Å². The first-order valence-corrected chi connectivity index (χ1v) is 6.02. The molecule has 5 nitrogen and oxygen atoms in total. The van der Waals surface area contributed by atoms with Crippen LogP contribution in [0.4, 0.5) is 11.6 Å². The lowest BCUT2D eigenvalue weighted by molar-refractivity contribution is 0.00337. The molecule has 1 aliphatic heterocycles. The average Bonchev–Trinajstić information content (AvgIpc) is 2.40. The Morgan fingerprint density at radius 2 is 2.47 bits per heavy atom. The largest absolute Gasteiger partial charge is 0.394 e. The Hall–Kier alpha value is -1.33. The Morgan fingerprint density at radius 1 is 1.59 bits per heavy atom. The van der Waals surface area contributed by atoms with Crippen LogP contribution in [0.5, 0.6) is 0 Å². The Bertz CT molecular complexity index is 359. The van der Waals surface area contributed by atoms with Crippen LogP contribution < -0.4 is 10.2 Å². The number of hydrogen-bond donors (Lipinski definition) is 2. The summed E-state index contributed by atoms with van der Waals surface area (Å²) in [4.78, 5) is 6.68. The van der Waals surface area contributed by atoms with Crippen LogP contribution in [0, 0.1) is 0 Å². The molecule has 1 saturated heterocycles. The third-order valence-corrected chi connectivity index (χ3v) is 2.76. The molecule has 0 bridgehead atoms. The van der Waals surface area contributed by atoms with Crippen molar-refractivity contribution in [2.45, 2.75) is 13.0 Å². The van der Waals surface area contributed by atoms with E-state index in [-0.39, 0.29) is 12.7 Å².